The number of carbonyl (C=O) groups is 1. The van der Waals surface area contributed by atoms with Crippen molar-refractivity contribution in [1.29, 1.82) is 0 Å². The van der Waals surface area contributed by atoms with Crippen LogP contribution in [0.3, 0.4) is 0 Å². The number of para-hydroxylation sites is 1. The van der Waals surface area contributed by atoms with Gasteiger partial charge in [-0.1, -0.05) is 36.0 Å². The number of amides is 1. The highest BCUT2D eigenvalue weighted by molar-refractivity contribution is 7.99. The lowest BCUT2D eigenvalue weighted by Crippen LogP contribution is -2.19. The average molecular weight is 310 g/mol. The number of aromatic nitrogens is 2. The standard InChI is InChI=1S/C16H14N4OS/c21-15(11-22-16-7-3-4-8-17-16)20-19-10-12-9-18-14-6-2-1-5-13(12)14/h1-10,18H,11H2,(H,20,21)/b19-10+. The molecule has 0 radical (unpaired) electrons. The van der Waals surface area contributed by atoms with E-state index < -0.39 is 0 Å². The maximum atomic E-state index is 11.7. The first-order chi connectivity index (χ1) is 10.8. The van der Waals surface area contributed by atoms with Crippen molar-refractivity contribution in [3.8, 4) is 0 Å². The molecule has 0 bridgehead atoms. The van der Waals surface area contributed by atoms with Gasteiger partial charge in [-0.2, -0.15) is 5.10 Å². The Morgan fingerprint density at radius 3 is 3.00 bits per heavy atom. The van der Waals surface area contributed by atoms with Crippen molar-refractivity contribution in [2.45, 2.75) is 5.03 Å². The highest BCUT2D eigenvalue weighted by atomic mass is 32.2. The average Bonchev–Trinajstić information content (AvgIpc) is 2.97. The minimum atomic E-state index is -0.160. The number of hydrogen-bond donors (Lipinski definition) is 2. The van der Waals surface area contributed by atoms with Gasteiger partial charge >= 0.3 is 0 Å². The first-order valence-corrected chi connectivity index (χ1v) is 7.73. The maximum absolute atomic E-state index is 11.7. The third-order valence-corrected chi connectivity index (χ3v) is 3.95. The molecule has 0 saturated heterocycles. The lowest BCUT2D eigenvalue weighted by Gasteiger charge is -1.99. The molecule has 1 aromatic carbocycles. The van der Waals surface area contributed by atoms with Crippen molar-refractivity contribution in [3.05, 3.63) is 60.4 Å². The molecule has 3 aromatic rings. The summed E-state index contributed by atoms with van der Waals surface area (Å²) in [6, 6.07) is 13.5. The SMILES string of the molecule is O=C(CSc1ccccn1)N/N=C/c1c[nH]c2ccccc12. The summed E-state index contributed by atoms with van der Waals surface area (Å²) in [6.45, 7) is 0. The predicted octanol–water partition coefficient (Wildman–Crippen LogP) is 2.81. The summed E-state index contributed by atoms with van der Waals surface area (Å²) in [5.74, 6) is 0.120. The summed E-state index contributed by atoms with van der Waals surface area (Å²) >= 11 is 1.38. The Morgan fingerprint density at radius 1 is 1.27 bits per heavy atom. The number of benzene rings is 1. The lowest BCUT2D eigenvalue weighted by molar-refractivity contribution is -0.118. The monoisotopic (exact) mass is 310 g/mol. The Bertz CT molecular complexity index is 798. The van der Waals surface area contributed by atoms with Gasteiger partial charge in [-0.3, -0.25) is 4.79 Å². The Labute approximate surface area is 131 Å². The highest BCUT2D eigenvalue weighted by Crippen LogP contribution is 2.15. The molecule has 6 heteroatoms. The summed E-state index contributed by atoms with van der Waals surface area (Å²) in [7, 11) is 0. The first-order valence-electron chi connectivity index (χ1n) is 6.75. The quantitative estimate of drug-likeness (QED) is 0.432. The molecule has 2 aromatic heterocycles. The number of nitrogens with one attached hydrogen (secondary N) is 2. The zero-order valence-corrected chi connectivity index (χ0v) is 12.5. The van der Waals surface area contributed by atoms with Gasteiger partial charge in [0, 0.05) is 28.9 Å². The van der Waals surface area contributed by atoms with E-state index in [1.165, 1.54) is 11.8 Å². The van der Waals surface area contributed by atoms with E-state index in [4.69, 9.17) is 0 Å². The Hall–Kier alpha value is -2.60. The van der Waals surface area contributed by atoms with Crippen LogP contribution in [0.2, 0.25) is 0 Å². The Kier molecular flexibility index (Phi) is 4.50. The Balaban J connectivity index is 1.54. The van der Waals surface area contributed by atoms with Gasteiger partial charge in [0.2, 0.25) is 5.91 Å². The fourth-order valence-corrected chi connectivity index (χ4v) is 2.63. The van der Waals surface area contributed by atoms with E-state index in [1.807, 2.05) is 48.7 Å². The number of hydrogen-bond acceptors (Lipinski definition) is 4. The predicted molar refractivity (Wildman–Crippen MR) is 89.0 cm³/mol. The van der Waals surface area contributed by atoms with Crippen LogP contribution in [0.25, 0.3) is 10.9 Å². The number of H-pyrrole nitrogens is 1. The summed E-state index contributed by atoms with van der Waals surface area (Å²) in [5.41, 5.74) is 4.50. The van der Waals surface area contributed by atoms with E-state index in [1.54, 1.807) is 12.4 Å². The molecule has 0 aliphatic heterocycles. The van der Waals surface area contributed by atoms with Crippen LogP contribution in [-0.4, -0.2) is 27.8 Å². The number of rotatable bonds is 5. The second kappa shape index (κ2) is 6.91. The zero-order valence-electron chi connectivity index (χ0n) is 11.7. The molecule has 1 amide bonds. The minimum Gasteiger partial charge on any atom is -0.361 e. The molecule has 22 heavy (non-hydrogen) atoms. The van der Waals surface area contributed by atoms with Crippen LogP contribution in [0.4, 0.5) is 0 Å². The van der Waals surface area contributed by atoms with E-state index in [9.17, 15) is 4.79 Å². The van der Waals surface area contributed by atoms with Gasteiger partial charge in [-0.15, -0.1) is 0 Å². The van der Waals surface area contributed by atoms with Gasteiger partial charge in [0.1, 0.15) is 0 Å². The molecule has 0 spiro atoms. The molecule has 2 N–H and O–H groups in total. The van der Waals surface area contributed by atoms with Gasteiger partial charge in [-0.05, 0) is 18.2 Å². The fraction of sp³-hybridized carbons (Fsp3) is 0.0625. The Morgan fingerprint density at radius 2 is 2.14 bits per heavy atom. The van der Waals surface area contributed by atoms with Crippen molar-refractivity contribution < 1.29 is 4.79 Å². The zero-order chi connectivity index (χ0) is 15.2. The van der Waals surface area contributed by atoms with Crippen LogP contribution < -0.4 is 5.43 Å². The summed E-state index contributed by atoms with van der Waals surface area (Å²) in [5, 5.41) is 5.89. The van der Waals surface area contributed by atoms with E-state index in [0.29, 0.717) is 0 Å². The highest BCUT2D eigenvalue weighted by Gasteiger charge is 2.03. The molecular formula is C16H14N4OS. The largest absolute Gasteiger partial charge is 0.361 e. The lowest BCUT2D eigenvalue weighted by atomic mass is 10.2. The van der Waals surface area contributed by atoms with Crippen molar-refractivity contribution >= 4 is 34.8 Å². The van der Waals surface area contributed by atoms with E-state index in [0.717, 1.165) is 21.5 Å². The molecule has 0 aliphatic rings. The second-order valence-corrected chi connectivity index (χ2v) is 5.54. The van der Waals surface area contributed by atoms with Gasteiger partial charge in [0.15, 0.2) is 0 Å². The van der Waals surface area contributed by atoms with Gasteiger partial charge < -0.3 is 4.98 Å². The fourth-order valence-electron chi connectivity index (χ4n) is 1.98. The van der Waals surface area contributed by atoms with Crippen LogP contribution in [0.15, 0.2) is 65.0 Å². The molecule has 0 unspecified atom stereocenters. The van der Waals surface area contributed by atoms with Crippen LogP contribution in [-0.2, 0) is 4.79 Å². The summed E-state index contributed by atoms with van der Waals surface area (Å²) < 4.78 is 0. The number of fused-ring (bicyclic) bond motifs is 1. The normalized spacial score (nSPS) is 11.1. The van der Waals surface area contributed by atoms with Crippen LogP contribution in [0.5, 0.6) is 0 Å². The minimum absolute atomic E-state index is 0.160. The smallest absolute Gasteiger partial charge is 0.250 e. The first kappa shape index (κ1) is 14.3. The maximum Gasteiger partial charge on any atom is 0.250 e. The van der Waals surface area contributed by atoms with Crippen molar-refractivity contribution in [2.75, 3.05) is 5.75 Å². The van der Waals surface area contributed by atoms with Crippen molar-refractivity contribution in [3.63, 3.8) is 0 Å². The number of hydrazone groups is 1. The molecule has 110 valence electrons. The van der Waals surface area contributed by atoms with Crippen LogP contribution in [0, 0.1) is 0 Å². The molecule has 0 fully saturated rings. The topological polar surface area (TPSA) is 70.1 Å². The number of pyridine rings is 1. The number of nitrogens with zero attached hydrogens (tertiary/aromatic N) is 2. The molecule has 0 saturated carbocycles. The third kappa shape index (κ3) is 3.53. The number of aromatic amines is 1. The van der Waals surface area contributed by atoms with Crippen molar-refractivity contribution in [1.82, 2.24) is 15.4 Å². The number of carbonyl (C=O) groups excluding carboxylic acids is 1. The van der Waals surface area contributed by atoms with Gasteiger partial charge in [0.25, 0.3) is 0 Å². The third-order valence-electron chi connectivity index (χ3n) is 3.00. The van der Waals surface area contributed by atoms with Crippen LogP contribution in [0.1, 0.15) is 5.56 Å². The molecule has 0 aliphatic carbocycles. The molecule has 5 nitrogen and oxygen atoms in total. The van der Waals surface area contributed by atoms with Crippen molar-refractivity contribution in [2.24, 2.45) is 5.10 Å². The number of thioether (sulfide) groups is 1. The summed E-state index contributed by atoms with van der Waals surface area (Å²) in [6.07, 6.45) is 5.21. The van der Waals surface area contributed by atoms with Gasteiger partial charge in [-0.25, -0.2) is 10.4 Å². The summed E-state index contributed by atoms with van der Waals surface area (Å²) in [4.78, 5) is 19.0. The van der Waals surface area contributed by atoms with E-state index in [2.05, 4.69) is 20.5 Å². The van der Waals surface area contributed by atoms with Crippen LogP contribution >= 0.6 is 11.8 Å². The van der Waals surface area contributed by atoms with Gasteiger partial charge in [0.05, 0.1) is 17.0 Å². The molecule has 2 heterocycles. The molecule has 3 rings (SSSR count). The second-order valence-electron chi connectivity index (χ2n) is 4.54. The van der Waals surface area contributed by atoms with E-state index in [-0.39, 0.29) is 11.7 Å². The molecular weight excluding hydrogens is 296 g/mol. The molecule has 0 atom stereocenters. The van der Waals surface area contributed by atoms with E-state index >= 15 is 0 Å².